The number of hydrogen-bond donors (Lipinski definition) is 1. The van der Waals surface area contributed by atoms with Crippen molar-refractivity contribution in [3.63, 3.8) is 0 Å². The second-order valence-corrected chi connectivity index (χ2v) is 7.35. The molecule has 0 saturated carbocycles. The number of carbonyl (C=O) groups excluding carboxylic acids is 2. The van der Waals surface area contributed by atoms with Gasteiger partial charge in [-0.25, -0.2) is 4.98 Å². The van der Waals surface area contributed by atoms with E-state index in [4.69, 9.17) is 4.74 Å². The molecule has 0 unspecified atom stereocenters. The average molecular weight is 444 g/mol. The first kappa shape index (κ1) is 21.6. The topological polar surface area (TPSA) is 122 Å². The van der Waals surface area contributed by atoms with Gasteiger partial charge in [-0.3, -0.25) is 19.5 Å². The number of fused-ring (bicyclic) bond motifs is 1. The Morgan fingerprint density at radius 1 is 0.848 bits per heavy atom. The van der Waals surface area contributed by atoms with Gasteiger partial charge in [0.1, 0.15) is 28.5 Å². The maximum atomic E-state index is 12.7. The smallest absolute Gasteiger partial charge is 0.272 e. The van der Waals surface area contributed by atoms with E-state index in [2.05, 4.69) is 20.2 Å². The highest BCUT2D eigenvalue weighted by molar-refractivity contribution is 6.05. The number of amides is 2. The summed E-state index contributed by atoms with van der Waals surface area (Å²) in [6.45, 7) is 0. The molecule has 4 aromatic rings. The van der Waals surface area contributed by atoms with E-state index in [-0.39, 0.29) is 29.2 Å². The molecular formula is C23H20N6O4. The van der Waals surface area contributed by atoms with E-state index in [1.54, 1.807) is 51.5 Å². The minimum atomic E-state index is -0.336. The predicted molar refractivity (Wildman–Crippen MR) is 121 cm³/mol. The fourth-order valence-corrected chi connectivity index (χ4v) is 2.96. The number of benzene rings is 2. The molecule has 0 aliphatic carbocycles. The van der Waals surface area contributed by atoms with E-state index >= 15 is 0 Å². The zero-order valence-electron chi connectivity index (χ0n) is 18.1. The zero-order chi connectivity index (χ0) is 23.5. The van der Waals surface area contributed by atoms with Crippen LogP contribution in [-0.4, -0.2) is 63.1 Å². The summed E-state index contributed by atoms with van der Waals surface area (Å²) in [7, 11) is 4.85. The van der Waals surface area contributed by atoms with E-state index in [9.17, 15) is 14.7 Å². The monoisotopic (exact) mass is 444 g/mol. The molecule has 1 N–H and O–H groups in total. The minimum Gasteiger partial charge on any atom is -0.508 e. The molecule has 10 heteroatoms. The summed E-state index contributed by atoms with van der Waals surface area (Å²) in [4.78, 5) is 36.0. The van der Waals surface area contributed by atoms with E-state index in [1.165, 1.54) is 40.3 Å². The van der Waals surface area contributed by atoms with Crippen molar-refractivity contribution in [2.24, 2.45) is 0 Å². The summed E-state index contributed by atoms with van der Waals surface area (Å²) < 4.78 is 5.85. The third-order valence-electron chi connectivity index (χ3n) is 4.73. The Kier molecular flexibility index (Phi) is 5.81. The first-order chi connectivity index (χ1) is 15.8. The Labute approximate surface area is 189 Å². The molecule has 0 aliphatic rings. The summed E-state index contributed by atoms with van der Waals surface area (Å²) in [5.74, 6) is 0.573. The lowest BCUT2D eigenvalue weighted by Gasteiger charge is -2.15. The number of nitrogens with zero attached hydrogens (tertiary/aromatic N) is 6. The van der Waals surface area contributed by atoms with Crippen LogP contribution < -0.4 is 9.64 Å². The largest absolute Gasteiger partial charge is 0.508 e. The summed E-state index contributed by atoms with van der Waals surface area (Å²) in [6.07, 6.45) is 1.50. The Bertz CT molecular complexity index is 1340. The van der Waals surface area contributed by atoms with E-state index in [0.29, 0.717) is 28.1 Å². The molecule has 2 amide bonds. The van der Waals surface area contributed by atoms with Gasteiger partial charge >= 0.3 is 0 Å². The van der Waals surface area contributed by atoms with Crippen molar-refractivity contribution in [1.82, 2.24) is 25.1 Å². The highest BCUT2D eigenvalue weighted by Crippen LogP contribution is 2.25. The Morgan fingerprint density at radius 3 is 2.30 bits per heavy atom. The number of aromatic nitrogens is 4. The van der Waals surface area contributed by atoms with Crippen LogP contribution in [0.5, 0.6) is 17.2 Å². The molecule has 2 aromatic carbocycles. The predicted octanol–water partition coefficient (Wildman–Crippen LogP) is 2.90. The lowest BCUT2D eigenvalue weighted by atomic mass is 10.2. The average Bonchev–Trinajstić information content (AvgIpc) is 2.83. The van der Waals surface area contributed by atoms with Crippen molar-refractivity contribution in [2.45, 2.75) is 0 Å². The summed E-state index contributed by atoms with van der Waals surface area (Å²) in [5, 5.41) is 17.6. The van der Waals surface area contributed by atoms with Crippen molar-refractivity contribution in [2.75, 3.05) is 26.0 Å². The number of phenols is 1. The van der Waals surface area contributed by atoms with Gasteiger partial charge in [0, 0.05) is 45.0 Å². The van der Waals surface area contributed by atoms with Crippen LogP contribution >= 0.6 is 0 Å². The van der Waals surface area contributed by atoms with Gasteiger partial charge in [-0.15, -0.1) is 10.2 Å². The first-order valence-electron chi connectivity index (χ1n) is 9.89. The van der Waals surface area contributed by atoms with Crippen molar-refractivity contribution in [1.29, 1.82) is 0 Å². The third kappa shape index (κ3) is 4.69. The van der Waals surface area contributed by atoms with Crippen LogP contribution in [0.15, 0.2) is 60.8 Å². The third-order valence-corrected chi connectivity index (χ3v) is 4.73. The fourth-order valence-electron chi connectivity index (χ4n) is 2.96. The second kappa shape index (κ2) is 8.87. The lowest BCUT2D eigenvalue weighted by molar-refractivity contribution is 0.0821. The number of rotatable bonds is 5. The van der Waals surface area contributed by atoms with Crippen molar-refractivity contribution in [3.8, 4) is 17.2 Å². The van der Waals surface area contributed by atoms with Crippen LogP contribution in [0.4, 0.5) is 5.95 Å². The zero-order valence-corrected chi connectivity index (χ0v) is 18.1. The van der Waals surface area contributed by atoms with Crippen LogP contribution in [0.2, 0.25) is 0 Å². The van der Waals surface area contributed by atoms with Crippen LogP contribution in [0.1, 0.15) is 20.8 Å². The van der Waals surface area contributed by atoms with Gasteiger partial charge in [-0.1, -0.05) is 0 Å². The fraction of sp³-hybridized carbons (Fsp3) is 0.130. The van der Waals surface area contributed by atoms with Crippen LogP contribution in [-0.2, 0) is 0 Å². The Balaban J connectivity index is 1.54. The van der Waals surface area contributed by atoms with Gasteiger partial charge < -0.3 is 14.7 Å². The van der Waals surface area contributed by atoms with Crippen LogP contribution in [0.25, 0.3) is 11.0 Å². The summed E-state index contributed by atoms with van der Waals surface area (Å²) in [5.41, 5.74) is 1.65. The Morgan fingerprint density at radius 2 is 1.58 bits per heavy atom. The number of aromatic hydroxyl groups is 1. The van der Waals surface area contributed by atoms with Gasteiger partial charge in [0.2, 0.25) is 0 Å². The molecule has 33 heavy (non-hydrogen) atoms. The molecular weight excluding hydrogens is 424 g/mol. The lowest BCUT2D eigenvalue weighted by Crippen LogP contribution is -2.28. The number of phenolic OH excluding ortho intramolecular Hbond substituents is 1. The first-order valence-corrected chi connectivity index (χ1v) is 9.89. The highest BCUT2D eigenvalue weighted by Gasteiger charge is 2.17. The van der Waals surface area contributed by atoms with Gasteiger partial charge in [0.05, 0.1) is 5.52 Å². The van der Waals surface area contributed by atoms with Crippen molar-refractivity contribution in [3.05, 3.63) is 72.1 Å². The van der Waals surface area contributed by atoms with Crippen LogP contribution in [0, 0.1) is 0 Å². The molecule has 0 aliphatic heterocycles. The normalized spacial score (nSPS) is 10.6. The summed E-state index contributed by atoms with van der Waals surface area (Å²) >= 11 is 0. The van der Waals surface area contributed by atoms with Crippen LogP contribution in [0.3, 0.4) is 0 Å². The number of ether oxygens (including phenoxy) is 1. The summed E-state index contributed by atoms with van der Waals surface area (Å²) in [6, 6.07) is 14.2. The van der Waals surface area contributed by atoms with Gasteiger partial charge in [-0.05, 0) is 42.5 Å². The maximum Gasteiger partial charge on any atom is 0.272 e. The molecule has 4 rings (SSSR count). The minimum absolute atomic E-state index is 0.0723. The molecule has 0 saturated heterocycles. The van der Waals surface area contributed by atoms with Gasteiger partial charge in [0.25, 0.3) is 17.8 Å². The number of pyridine rings is 1. The highest BCUT2D eigenvalue weighted by atomic mass is 16.5. The molecule has 0 radical (unpaired) electrons. The Hall–Kier alpha value is -4.60. The van der Waals surface area contributed by atoms with Crippen molar-refractivity contribution >= 4 is 28.8 Å². The molecule has 0 bridgehead atoms. The van der Waals surface area contributed by atoms with E-state index in [1.807, 2.05) is 0 Å². The van der Waals surface area contributed by atoms with Gasteiger partial charge in [-0.2, -0.15) is 0 Å². The number of hydrogen-bond acceptors (Lipinski definition) is 8. The molecule has 10 nitrogen and oxygen atoms in total. The van der Waals surface area contributed by atoms with Crippen molar-refractivity contribution < 1.29 is 19.4 Å². The van der Waals surface area contributed by atoms with E-state index in [0.717, 1.165) is 0 Å². The molecule has 0 spiro atoms. The van der Waals surface area contributed by atoms with E-state index < -0.39 is 0 Å². The maximum absolute atomic E-state index is 12.7. The molecule has 2 aromatic heterocycles. The molecule has 2 heterocycles. The standard InChI is InChI=1S/C23H20N6O4/c1-28(2)22(32)20-13-17(10-11-24-20)33-16-8-9-18-19(12-16)26-27-23(25-18)29(3)21(31)14-4-6-15(30)7-5-14/h4-13,30H,1-3H3. The quantitative estimate of drug-likeness (QED) is 0.499. The molecule has 0 atom stereocenters. The second-order valence-electron chi connectivity index (χ2n) is 7.35. The number of anilines is 1. The SMILES string of the molecule is CN(C)C(=O)c1cc(Oc2ccc3nc(N(C)C(=O)c4ccc(O)cc4)nnc3c2)ccn1. The number of carbonyl (C=O) groups is 2. The molecule has 0 fully saturated rings. The van der Waals surface area contributed by atoms with Gasteiger partial charge in [0.15, 0.2) is 0 Å². The molecule has 166 valence electrons.